The van der Waals surface area contributed by atoms with E-state index in [1.807, 2.05) is 24.3 Å². The lowest BCUT2D eigenvalue weighted by Gasteiger charge is -2.24. The summed E-state index contributed by atoms with van der Waals surface area (Å²) < 4.78 is 40.0. The summed E-state index contributed by atoms with van der Waals surface area (Å²) in [5, 5.41) is 8.77. The number of nitrogens with zero attached hydrogens (tertiary/aromatic N) is 4. The summed E-state index contributed by atoms with van der Waals surface area (Å²) in [5.41, 5.74) is 3.51. The van der Waals surface area contributed by atoms with Crippen LogP contribution in [-0.4, -0.2) is 48.3 Å². The highest BCUT2D eigenvalue weighted by Crippen LogP contribution is 2.33. The zero-order valence-electron chi connectivity index (χ0n) is 18.4. The molecule has 0 bridgehead atoms. The zero-order valence-corrected chi connectivity index (χ0v) is 19.2. The van der Waals surface area contributed by atoms with Gasteiger partial charge in [0.1, 0.15) is 0 Å². The lowest BCUT2D eigenvalue weighted by molar-refractivity contribution is 0.171. The maximum Gasteiger partial charge on any atom is 0.264 e. The Morgan fingerprint density at radius 3 is 2.59 bits per heavy atom. The molecule has 3 aromatic rings. The van der Waals surface area contributed by atoms with Gasteiger partial charge in [0, 0.05) is 12.7 Å². The van der Waals surface area contributed by atoms with E-state index in [4.69, 9.17) is 13.4 Å². The Labute approximate surface area is 187 Å². The van der Waals surface area contributed by atoms with E-state index >= 15 is 0 Å². The molecule has 4 rings (SSSR count). The number of methoxy groups -OCH3 is 1. The first-order valence-corrected chi connectivity index (χ1v) is 12.6. The van der Waals surface area contributed by atoms with E-state index in [9.17, 15) is 8.42 Å². The van der Waals surface area contributed by atoms with Gasteiger partial charge in [-0.2, -0.15) is 18.5 Å². The maximum atomic E-state index is 11.1. The highest BCUT2D eigenvalue weighted by Gasteiger charge is 2.24. The Balaban J connectivity index is 1.50. The standard InChI is InChI=1S/C22H28N4O5S/c1-29-15-20-19(14-23-26(20)18-6-4-3-5-7-18)22-24-21(25-31-22)17-10-8-16(9-11-17)12-13-30-32(2,27)28/h8-11,14,18H,3-7,12-13,15H2,1-2H3. The third kappa shape index (κ3) is 5.43. The molecule has 1 aliphatic carbocycles. The topological polar surface area (TPSA) is 109 Å². The molecule has 172 valence electrons. The van der Waals surface area contributed by atoms with Crippen molar-refractivity contribution in [3.05, 3.63) is 41.7 Å². The highest BCUT2D eigenvalue weighted by molar-refractivity contribution is 7.85. The average molecular weight is 461 g/mol. The van der Waals surface area contributed by atoms with Gasteiger partial charge in [-0.05, 0) is 24.8 Å². The van der Waals surface area contributed by atoms with E-state index in [2.05, 4.69) is 19.9 Å². The Bertz CT molecular complexity index is 1130. The van der Waals surface area contributed by atoms with E-state index in [1.54, 1.807) is 13.3 Å². The predicted molar refractivity (Wildman–Crippen MR) is 118 cm³/mol. The molecule has 1 saturated carbocycles. The van der Waals surface area contributed by atoms with Crippen molar-refractivity contribution in [2.24, 2.45) is 0 Å². The number of hydrogen-bond acceptors (Lipinski definition) is 8. The van der Waals surface area contributed by atoms with Crippen LogP contribution in [0.3, 0.4) is 0 Å². The van der Waals surface area contributed by atoms with Crippen LogP contribution in [0.15, 0.2) is 35.0 Å². The first kappa shape index (κ1) is 22.6. The van der Waals surface area contributed by atoms with Crippen LogP contribution in [0.25, 0.3) is 22.8 Å². The van der Waals surface area contributed by atoms with Crippen LogP contribution in [0.5, 0.6) is 0 Å². The summed E-state index contributed by atoms with van der Waals surface area (Å²) in [7, 11) is -1.76. The van der Waals surface area contributed by atoms with Crippen molar-refractivity contribution in [1.29, 1.82) is 0 Å². The predicted octanol–water partition coefficient (Wildman–Crippen LogP) is 3.77. The van der Waals surface area contributed by atoms with Crippen molar-refractivity contribution in [3.63, 3.8) is 0 Å². The van der Waals surface area contributed by atoms with Gasteiger partial charge in [0.05, 0.1) is 43.0 Å². The van der Waals surface area contributed by atoms with Gasteiger partial charge in [-0.3, -0.25) is 8.86 Å². The van der Waals surface area contributed by atoms with E-state index < -0.39 is 10.1 Å². The third-order valence-electron chi connectivity index (χ3n) is 5.66. The van der Waals surface area contributed by atoms with Crippen LogP contribution >= 0.6 is 0 Å². The molecular formula is C22H28N4O5S. The number of ether oxygens (including phenoxy) is 1. The van der Waals surface area contributed by atoms with Crippen LogP contribution in [0.4, 0.5) is 0 Å². The highest BCUT2D eigenvalue weighted by atomic mass is 32.2. The molecule has 0 radical (unpaired) electrons. The molecule has 2 aromatic heterocycles. The lowest BCUT2D eigenvalue weighted by Crippen LogP contribution is -2.17. The molecule has 10 heteroatoms. The van der Waals surface area contributed by atoms with E-state index in [0.717, 1.165) is 41.5 Å². The van der Waals surface area contributed by atoms with Crippen molar-refractivity contribution in [2.45, 2.75) is 51.2 Å². The molecule has 1 aliphatic rings. The van der Waals surface area contributed by atoms with Gasteiger partial charge in [0.2, 0.25) is 5.82 Å². The molecule has 0 N–H and O–H groups in total. The minimum atomic E-state index is -3.43. The Morgan fingerprint density at radius 1 is 1.16 bits per heavy atom. The van der Waals surface area contributed by atoms with Crippen molar-refractivity contribution in [1.82, 2.24) is 19.9 Å². The summed E-state index contributed by atoms with van der Waals surface area (Å²) >= 11 is 0. The summed E-state index contributed by atoms with van der Waals surface area (Å²) in [6.07, 6.45) is 9.27. The molecule has 0 aliphatic heterocycles. The van der Waals surface area contributed by atoms with Crippen molar-refractivity contribution in [3.8, 4) is 22.8 Å². The largest absolute Gasteiger partial charge is 0.378 e. The number of rotatable bonds is 9. The first-order chi connectivity index (χ1) is 15.4. The quantitative estimate of drug-likeness (QED) is 0.444. The van der Waals surface area contributed by atoms with Crippen molar-refractivity contribution in [2.75, 3.05) is 20.0 Å². The van der Waals surface area contributed by atoms with Gasteiger partial charge in [0.15, 0.2) is 0 Å². The second-order valence-electron chi connectivity index (χ2n) is 8.07. The third-order valence-corrected chi connectivity index (χ3v) is 6.25. The fourth-order valence-corrected chi connectivity index (χ4v) is 4.45. The second-order valence-corrected chi connectivity index (χ2v) is 9.71. The van der Waals surface area contributed by atoms with Gasteiger partial charge in [0.25, 0.3) is 16.0 Å². The normalized spacial score (nSPS) is 15.3. The van der Waals surface area contributed by atoms with Crippen LogP contribution in [0.1, 0.15) is 49.4 Å². The minimum Gasteiger partial charge on any atom is -0.378 e. The Hall–Kier alpha value is -2.56. The molecule has 0 saturated heterocycles. The van der Waals surface area contributed by atoms with E-state index in [0.29, 0.717) is 30.8 Å². The number of hydrogen-bond donors (Lipinski definition) is 0. The minimum absolute atomic E-state index is 0.109. The van der Waals surface area contributed by atoms with E-state index in [-0.39, 0.29) is 6.61 Å². The average Bonchev–Trinajstić information content (AvgIpc) is 3.42. The molecule has 0 atom stereocenters. The fourth-order valence-electron chi connectivity index (χ4n) is 4.07. The molecule has 2 heterocycles. The van der Waals surface area contributed by atoms with Crippen LogP contribution in [0, 0.1) is 0 Å². The molecule has 1 aromatic carbocycles. The van der Waals surface area contributed by atoms with Gasteiger partial charge in [-0.25, -0.2) is 0 Å². The Morgan fingerprint density at radius 2 is 1.91 bits per heavy atom. The molecule has 1 fully saturated rings. The smallest absolute Gasteiger partial charge is 0.264 e. The molecule has 32 heavy (non-hydrogen) atoms. The zero-order chi connectivity index (χ0) is 22.6. The van der Waals surface area contributed by atoms with Gasteiger partial charge < -0.3 is 9.26 Å². The molecule has 0 unspecified atom stereocenters. The van der Waals surface area contributed by atoms with Crippen LogP contribution in [0.2, 0.25) is 0 Å². The molecule has 0 amide bonds. The monoisotopic (exact) mass is 460 g/mol. The van der Waals surface area contributed by atoms with Crippen molar-refractivity contribution < 1.29 is 21.9 Å². The maximum absolute atomic E-state index is 11.1. The second kappa shape index (κ2) is 9.93. The first-order valence-electron chi connectivity index (χ1n) is 10.8. The molecule has 9 nitrogen and oxygen atoms in total. The van der Waals surface area contributed by atoms with Crippen LogP contribution < -0.4 is 0 Å². The van der Waals surface area contributed by atoms with E-state index in [1.165, 1.54) is 19.3 Å². The summed E-state index contributed by atoms with van der Waals surface area (Å²) in [5.74, 6) is 0.896. The lowest BCUT2D eigenvalue weighted by atomic mass is 9.95. The van der Waals surface area contributed by atoms with Gasteiger partial charge in [-0.15, -0.1) is 0 Å². The summed E-state index contributed by atoms with van der Waals surface area (Å²) in [4.78, 5) is 4.59. The fraction of sp³-hybridized carbons (Fsp3) is 0.500. The number of aromatic nitrogens is 4. The summed E-state index contributed by atoms with van der Waals surface area (Å²) in [6.45, 7) is 0.533. The van der Waals surface area contributed by atoms with Crippen LogP contribution in [-0.2, 0) is 32.1 Å². The SMILES string of the molecule is COCc1c(-c2nc(-c3ccc(CCOS(C)(=O)=O)cc3)no2)cnn1C1CCCCC1. The van der Waals surface area contributed by atoms with Gasteiger partial charge in [-0.1, -0.05) is 48.7 Å². The van der Waals surface area contributed by atoms with Crippen molar-refractivity contribution >= 4 is 10.1 Å². The molecule has 0 spiro atoms. The Kier molecular flexibility index (Phi) is 7.02. The molecular weight excluding hydrogens is 432 g/mol. The van der Waals surface area contributed by atoms with Gasteiger partial charge >= 0.3 is 0 Å². The summed E-state index contributed by atoms with van der Waals surface area (Å²) in [6, 6.07) is 7.94. The number of benzene rings is 1.